The lowest BCUT2D eigenvalue weighted by atomic mass is 10.0. The van der Waals surface area contributed by atoms with Crippen LogP contribution in [0.4, 0.5) is 13.6 Å². The van der Waals surface area contributed by atoms with Gasteiger partial charge in [-0.2, -0.15) is 4.68 Å². The summed E-state index contributed by atoms with van der Waals surface area (Å²) in [5.74, 6) is -0.395. The first-order valence-electron chi connectivity index (χ1n) is 10.6. The fourth-order valence-electron chi connectivity index (χ4n) is 3.54. The quantitative estimate of drug-likeness (QED) is 0.458. The average Bonchev–Trinajstić information content (AvgIpc) is 3.55. The molecule has 11 heteroatoms. The van der Waals surface area contributed by atoms with E-state index in [1.165, 1.54) is 35.4 Å². The molecule has 1 fully saturated rings. The zero-order chi connectivity index (χ0) is 23.7. The molecule has 1 amide bonds. The third-order valence-electron chi connectivity index (χ3n) is 5.39. The molecule has 5 rings (SSSR count). The molecule has 1 aliphatic rings. The molecule has 1 saturated carbocycles. The zero-order valence-corrected chi connectivity index (χ0v) is 18.0. The maximum Gasteiger partial charge on any atom is 0.413 e. The average molecular weight is 463 g/mol. The molecule has 9 nitrogen and oxygen atoms in total. The molecular weight excluding hydrogens is 444 g/mol. The number of ether oxygens (including phenoxy) is 1. The summed E-state index contributed by atoms with van der Waals surface area (Å²) in [6, 6.07) is 7.56. The van der Waals surface area contributed by atoms with Gasteiger partial charge >= 0.3 is 6.09 Å². The standard InChI is InChI=1S/C23H19F2N7O2/c1-13(21-12-26-6-7-27-21)28-23(33)34-18-9-15(19-5-4-16(24)10-20(19)25)8-17(11-18)32-22(14-2-3-14)29-30-31-32/h4-14H,2-3H2,1H3,(H,28,33). The second kappa shape index (κ2) is 8.93. The number of hydrogen-bond acceptors (Lipinski definition) is 7. The van der Waals surface area contributed by atoms with Crippen molar-refractivity contribution in [3.05, 3.63) is 78.1 Å². The molecule has 0 radical (unpaired) electrons. The molecule has 34 heavy (non-hydrogen) atoms. The Labute approximate surface area is 192 Å². The van der Waals surface area contributed by atoms with Gasteiger partial charge in [0, 0.05) is 36.0 Å². The number of rotatable bonds is 6. The van der Waals surface area contributed by atoms with Crippen LogP contribution in [0.1, 0.15) is 43.2 Å². The van der Waals surface area contributed by atoms with Crippen molar-refractivity contribution < 1.29 is 18.3 Å². The minimum absolute atomic E-state index is 0.136. The van der Waals surface area contributed by atoms with Gasteiger partial charge in [0.2, 0.25) is 0 Å². The molecule has 2 aromatic heterocycles. The number of amides is 1. The molecular formula is C23H19F2N7O2. The highest BCUT2D eigenvalue weighted by Gasteiger charge is 2.30. The van der Waals surface area contributed by atoms with E-state index in [4.69, 9.17) is 4.74 Å². The monoisotopic (exact) mass is 463 g/mol. The summed E-state index contributed by atoms with van der Waals surface area (Å²) in [5, 5.41) is 14.6. The maximum atomic E-state index is 14.6. The molecule has 1 atom stereocenters. The van der Waals surface area contributed by atoms with E-state index in [1.807, 2.05) is 0 Å². The third-order valence-corrected chi connectivity index (χ3v) is 5.39. The van der Waals surface area contributed by atoms with E-state index in [2.05, 4.69) is 30.8 Å². The SMILES string of the molecule is CC(NC(=O)Oc1cc(-c2ccc(F)cc2F)cc(-n2nnnc2C2CC2)c1)c1cnccn1. The number of aromatic nitrogens is 6. The first kappa shape index (κ1) is 21.6. The van der Waals surface area contributed by atoms with Crippen LogP contribution in [0.15, 0.2) is 55.0 Å². The Hall–Kier alpha value is -4.28. The summed E-state index contributed by atoms with van der Waals surface area (Å²) < 4.78 is 35.1. The molecule has 0 spiro atoms. The van der Waals surface area contributed by atoms with Gasteiger partial charge < -0.3 is 10.1 Å². The molecule has 1 aliphatic carbocycles. The van der Waals surface area contributed by atoms with Gasteiger partial charge in [0.1, 0.15) is 17.4 Å². The molecule has 0 saturated heterocycles. The zero-order valence-electron chi connectivity index (χ0n) is 18.0. The molecule has 1 unspecified atom stereocenters. The Kier molecular flexibility index (Phi) is 5.66. The molecule has 2 heterocycles. The molecule has 4 aromatic rings. The van der Waals surface area contributed by atoms with Crippen molar-refractivity contribution in [2.45, 2.75) is 31.7 Å². The van der Waals surface area contributed by atoms with Crippen molar-refractivity contribution in [3.8, 4) is 22.6 Å². The number of nitrogens with one attached hydrogen (secondary N) is 1. The van der Waals surface area contributed by atoms with Crippen molar-refractivity contribution in [1.29, 1.82) is 0 Å². The minimum atomic E-state index is -0.747. The van der Waals surface area contributed by atoms with Gasteiger partial charge in [-0.1, -0.05) is 0 Å². The fraction of sp³-hybridized carbons (Fsp3) is 0.217. The third kappa shape index (κ3) is 4.58. The van der Waals surface area contributed by atoms with Crippen LogP contribution in [0.5, 0.6) is 5.75 Å². The van der Waals surface area contributed by atoms with Gasteiger partial charge in [-0.25, -0.2) is 13.6 Å². The molecule has 0 aliphatic heterocycles. The van der Waals surface area contributed by atoms with Crippen LogP contribution >= 0.6 is 0 Å². The maximum absolute atomic E-state index is 14.6. The van der Waals surface area contributed by atoms with Crippen LogP contribution in [0, 0.1) is 11.6 Å². The van der Waals surface area contributed by atoms with E-state index in [0.29, 0.717) is 22.8 Å². The Balaban J connectivity index is 1.48. The first-order chi connectivity index (χ1) is 16.5. The van der Waals surface area contributed by atoms with Crippen LogP contribution in [0.25, 0.3) is 16.8 Å². The van der Waals surface area contributed by atoms with E-state index in [0.717, 1.165) is 25.0 Å². The van der Waals surface area contributed by atoms with E-state index in [1.54, 1.807) is 19.1 Å². The van der Waals surface area contributed by atoms with Crippen molar-refractivity contribution in [1.82, 2.24) is 35.5 Å². The lowest BCUT2D eigenvalue weighted by Crippen LogP contribution is -2.30. The van der Waals surface area contributed by atoms with Crippen LogP contribution in [-0.4, -0.2) is 36.3 Å². The van der Waals surface area contributed by atoms with Crippen LogP contribution in [0.3, 0.4) is 0 Å². The molecule has 1 N–H and O–H groups in total. The smallest absolute Gasteiger partial charge is 0.410 e. The number of carbonyl (C=O) groups excluding carboxylic acids is 1. The second-order valence-electron chi connectivity index (χ2n) is 7.95. The van der Waals surface area contributed by atoms with E-state index in [-0.39, 0.29) is 17.2 Å². The van der Waals surface area contributed by atoms with Crippen molar-refractivity contribution in [2.75, 3.05) is 0 Å². The highest BCUT2D eigenvalue weighted by molar-refractivity contribution is 5.74. The second-order valence-corrected chi connectivity index (χ2v) is 7.95. The number of carbonyl (C=O) groups is 1. The lowest BCUT2D eigenvalue weighted by molar-refractivity contribution is 0.196. The van der Waals surface area contributed by atoms with Crippen molar-refractivity contribution in [3.63, 3.8) is 0 Å². The lowest BCUT2D eigenvalue weighted by Gasteiger charge is -2.15. The summed E-state index contributed by atoms with van der Waals surface area (Å²) in [6.45, 7) is 1.74. The van der Waals surface area contributed by atoms with Crippen molar-refractivity contribution >= 4 is 6.09 Å². The summed E-state index contributed by atoms with van der Waals surface area (Å²) in [5.41, 5.74) is 1.56. The van der Waals surface area contributed by atoms with E-state index >= 15 is 0 Å². The highest BCUT2D eigenvalue weighted by atomic mass is 19.1. The van der Waals surface area contributed by atoms with E-state index in [9.17, 15) is 13.6 Å². The number of nitrogens with zero attached hydrogens (tertiary/aromatic N) is 6. The summed E-state index contributed by atoms with van der Waals surface area (Å²) >= 11 is 0. The Morgan fingerprint density at radius 2 is 2.03 bits per heavy atom. The molecule has 0 bridgehead atoms. The van der Waals surface area contributed by atoms with Gasteiger partial charge in [-0.15, -0.1) is 5.10 Å². The number of benzene rings is 2. The van der Waals surface area contributed by atoms with Gasteiger partial charge in [0.25, 0.3) is 0 Å². The highest BCUT2D eigenvalue weighted by Crippen LogP contribution is 2.40. The topological polar surface area (TPSA) is 108 Å². The Morgan fingerprint density at radius 1 is 1.18 bits per heavy atom. The normalized spacial score (nSPS) is 14.0. The summed E-state index contributed by atoms with van der Waals surface area (Å²) in [4.78, 5) is 20.7. The molecule has 172 valence electrons. The summed E-state index contributed by atoms with van der Waals surface area (Å²) in [7, 11) is 0. The van der Waals surface area contributed by atoms with Gasteiger partial charge in [0.15, 0.2) is 5.82 Å². The molecule has 2 aromatic carbocycles. The predicted molar refractivity (Wildman–Crippen MR) is 116 cm³/mol. The predicted octanol–water partition coefficient (Wildman–Crippen LogP) is 4.12. The Morgan fingerprint density at radius 3 is 2.76 bits per heavy atom. The van der Waals surface area contributed by atoms with Gasteiger partial charge in [-0.05, 0) is 60.0 Å². The van der Waals surface area contributed by atoms with Crippen LogP contribution < -0.4 is 10.1 Å². The van der Waals surface area contributed by atoms with Crippen molar-refractivity contribution in [2.24, 2.45) is 0 Å². The number of halogens is 2. The summed E-state index contributed by atoms with van der Waals surface area (Å²) in [6.07, 6.45) is 5.80. The van der Waals surface area contributed by atoms with Gasteiger partial charge in [0.05, 0.1) is 23.6 Å². The largest absolute Gasteiger partial charge is 0.413 e. The van der Waals surface area contributed by atoms with Crippen LogP contribution in [-0.2, 0) is 0 Å². The first-order valence-corrected chi connectivity index (χ1v) is 10.6. The van der Waals surface area contributed by atoms with Crippen LogP contribution in [0.2, 0.25) is 0 Å². The number of tetrazole rings is 1. The fourth-order valence-corrected chi connectivity index (χ4v) is 3.54. The van der Waals surface area contributed by atoms with E-state index < -0.39 is 23.8 Å². The van der Waals surface area contributed by atoms with Gasteiger partial charge in [-0.3, -0.25) is 9.97 Å². The minimum Gasteiger partial charge on any atom is -0.410 e. The number of hydrogen-bond donors (Lipinski definition) is 1. The Bertz CT molecular complexity index is 1340.